The van der Waals surface area contributed by atoms with Crippen LogP contribution in [0.25, 0.3) is 5.76 Å². The van der Waals surface area contributed by atoms with E-state index in [0.717, 1.165) is 0 Å². The van der Waals surface area contributed by atoms with Gasteiger partial charge in [0.15, 0.2) is 17.0 Å². The fourth-order valence-electron chi connectivity index (χ4n) is 5.67. The molecule has 0 unspecified atom stereocenters. The molecule has 1 spiro atoms. The molecule has 4 aliphatic rings. The molecule has 2 saturated heterocycles. The van der Waals surface area contributed by atoms with E-state index in [1.807, 2.05) is 0 Å². The zero-order chi connectivity index (χ0) is 25.7. The number of fused-ring (bicyclic) bond motifs is 3. The fourth-order valence-corrected chi connectivity index (χ4v) is 5.67. The number of hydrogen-bond acceptors (Lipinski definition) is 8. The number of nitrogens with zero attached hydrogens (tertiary/aromatic N) is 3. The highest BCUT2D eigenvalue weighted by molar-refractivity contribution is 6.50. The van der Waals surface area contributed by atoms with Crippen LogP contribution in [0.5, 0.6) is 11.5 Å². The van der Waals surface area contributed by atoms with Crippen molar-refractivity contribution in [3.05, 3.63) is 59.2 Å². The number of carbonyl (C=O) groups is 3. The SMILES string of the molecule is CN1C(=O)[C@@]2(/C(=C(\O)c3ccc4c(c3)OCCO4)C(=O)C(=O)N2CCN2CCOCC2)c2ccccc21. The number of aliphatic hydroxyl groups is 1. The predicted octanol–water partition coefficient (Wildman–Crippen LogP) is 1.34. The van der Waals surface area contributed by atoms with Crippen molar-refractivity contribution < 1.29 is 33.7 Å². The highest BCUT2D eigenvalue weighted by atomic mass is 16.6. The summed E-state index contributed by atoms with van der Waals surface area (Å²) >= 11 is 0. The Morgan fingerprint density at radius 3 is 2.46 bits per heavy atom. The molecule has 2 fully saturated rings. The van der Waals surface area contributed by atoms with Gasteiger partial charge in [0.05, 0.1) is 18.8 Å². The van der Waals surface area contributed by atoms with Crippen LogP contribution in [0.15, 0.2) is 48.0 Å². The number of likely N-dealkylation sites (N-methyl/N-ethyl adjacent to an activating group) is 1. The van der Waals surface area contributed by atoms with Gasteiger partial charge in [-0.2, -0.15) is 0 Å². The van der Waals surface area contributed by atoms with Gasteiger partial charge in [0.2, 0.25) is 0 Å². The Labute approximate surface area is 213 Å². The number of ketones is 1. The topological polar surface area (TPSA) is 109 Å². The molecule has 2 aromatic rings. The van der Waals surface area contributed by atoms with Gasteiger partial charge < -0.3 is 29.1 Å². The molecule has 1 N–H and O–H groups in total. The van der Waals surface area contributed by atoms with Crippen molar-refractivity contribution in [1.29, 1.82) is 0 Å². The summed E-state index contributed by atoms with van der Waals surface area (Å²) in [4.78, 5) is 46.2. The summed E-state index contributed by atoms with van der Waals surface area (Å²) in [5.41, 5.74) is -0.683. The van der Waals surface area contributed by atoms with Gasteiger partial charge >= 0.3 is 0 Å². The molecule has 0 saturated carbocycles. The van der Waals surface area contributed by atoms with Crippen LogP contribution in [-0.2, 0) is 24.7 Å². The fraction of sp³-hybridized carbons (Fsp3) is 0.370. The van der Waals surface area contributed by atoms with Crippen molar-refractivity contribution >= 4 is 29.0 Å². The minimum Gasteiger partial charge on any atom is -0.507 e. The molecule has 1 atom stereocenters. The van der Waals surface area contributed by atoms with Crippen molar-refractivity contribution in [1.82, 2.24) is 9.80 Å². The zero-order valence-electron chi connectivity index (χ0n) is 20.4. The summed E-state index contributed by atoms with van der Waals surface area (Å²) in [6.45, 7) is 3.90. The smallest absolute Gasteiger partial charge is 0.296 e. The first-order chi connectivity index (χ1) is 17.9. The number of para-hydroxylation sites is 1. The Morgan fingerprint density at radius 1 is 0.946 bits per heavy atom. The first kappa shape index (κ1) is 23.5. The number of amides is 2. The van der Waals surface area contributed by atoms with Gasteiger partial charge in [-0.3, -0.25) is 19.3 Å². The van der Waals surface area contributed by atoms with Gasteiger partial charge in [0, 0.05) is 50.0 Å². The van der Waals surface area contributed by atoms with Crippen LogP contribution in [0.4, 0.5) is 5.69 Å². The van der Waals surface area contributed by atoms with Crippen molar-refractivity contribution in [2.24, 2.45) is 0 Å². The Morgan fingerprint density at radius 2 is 1.68 bits per heavy atom. The number of likely N-dealkylation sites (tertiary alicyclic amines) is 1. The minimum absolute atomic E-state index is 0.135. The molecule has 6 rings (SSSR count). The van der Waals surface area contributed by atoms with Crippen LogP contribution in [0.3, 0.4) is 0 Å². The monoisotopic (exact) mass is 505 g/mol. The highest BCUT2D eigenvalue weighted by Crippen LogP contribution is 2.53. The Bertz CT molecular complexity index is 1330. The van der Waals surface area contributed by atoms with E-state index in [4.69, 9.17) is 14.2 Å². The molecule has 0 bridgehead atoms. The zero-order valence-corrected chi connectivity index (χ0v) is 20.4. The molecule has 4 aliphatic heterocycles. The van der Waals surface area contributed by atoms with Gasteiger partial charge in [-0.25, -0.2) is 0 Å². The molecular formula is C27H27N3O7. The summed E-state index contributed by atoms with van der Waals surface area (Å²) < 4.78 is 16.6. The maximum Gasteiger partial charge on any atom is 0.296 e. The van der Waals surface area contributed by atoms with E-state index in [2.05, 4.69) is 4.90 Å². The van der Waals surface area contributed by atoms with E-state index in [1.165, 1.54) is 9.80 Å². The molecule has 0 aliphatic carbocycles. The summed E-state index contributed by atoms with van der Waals surface area (Å²) in [6, 6.07) is 11.9. The lowest BCUT2D eigenvalue weighted by molar-refractivity contribution is -0.144. The summed E-state index contributed by atoms with van der Waals surface area (Å²) in [7, 11) is 1.61. The number of anilines is 1. The number of aliphatic hydroxyl groups excluding tert-OH is 1. The number of morpholine rings is 1. The van der Waals surface area contributed by atoms with Gasteiger partial charge in [0.25, 0.3) is 17.6 Å². The van der Waals surface area contributed by atoms with Crippen molar-refractivity contribution in [3.63, 3.8) is 0 Å². The van der Waals surface area contributed by atoms with E-state index < -0.39 is 28.9 Å². The van der Waals surface area contributed by atoms with E-state index in [1.54, 1.807) is 49.5 Å². The van der Waals surface area contributed by atoms with Crippen LogP contribution in [0.2, 0.25) is 0 Å². The van der Waals surface area contributed by atoms with Crippen molar-refractivity contribution in [3.8, 4) is 11.5 Å². The maximum absolute atomic E-state index is 14.1. The molecular weight excluding hydrogens is 478 g/mol. The van der Waals surface area contributed by atoms with Crippen LogP contribution in [0, 0.1) is 0 Å². The third kappa shape index (κ3) is 3.43. The quantitative estimate of drug-likeness (QED) is 0.377. The molecule has 4 heterocycles. The number of rotatable bonds is 4. The molecule has 2 aromatic carbocycles. The Kier molecular flexibility index (Phi) is 5.65. The van der Waals surface area contributed by atoms with Gasteiger partial charge in [-0.05, 0) is 24.3 Å². The first-order valence-corrected chi connectivity index (χ1v) is 12.3. The number of carbonyl (C=O) groups excluding carboxylic acids is 3. The minimum atomic E-state index is -1.77. The van der Waals surface area contributed by atoms with Crippen LogP contribution in [0.1, 0.15) is 11.1 Å². The normalized spacial score (nSPS) is 24.7. The Balaban J connectivity index is 1.52. The van der Waals surface area contributed by atoms with E-state index in [-0.39, 0.29) is 17.7 Å². The standard InChI is InChI=1S/C27H27N3O7/c1-28-19-5-3-2-4-18(19)27(26(28)34)22(23(31)17-6-7-20-21(16-17)37-15-14-36-20)24(32)25(33)30(27)9-8-29-10-12-35-13-11-29/h2-7,16,31H,8-15H2,1H3/b23-22-/t27-/m0/s1. The number of ether oxygens (including phenoxy) is 3. The van der Waals surface area contributed by atoms with E-state index in [9.17, 15) is 19.5 Å². The van der Waals surface area contributed by atoms with Crippen LogP contribution in [-0.4, -0.2) is 92.2 Å². The van der Waals surface area contributed by atoms with Gasteiger partial charge in [-0.1, -0.05) is 18.2 Å². The third-order valence-electron chi connectivity index (χ3n) is 7.50. The Hall–Kier alpha value is -3.89. The van der Waals surface area contributed by atoms with Crippen LogP contribution < -0.4 is 14.4 Å². The summed E-state index contributed by atoms with van der Waals surface area (Å²) in [5.74, 6) is -1.66. The summed E-state index contributed by atoms with van der Waals surface area (Å²) in [6.07, 6.45) is 0. The van der Waals surface area contributed by atoms with E-state index in [0.29, 0.717) is 68.8 Å². The average Bonchev–Trinajstić information content (AvgIpc) is 3.30. The van der Waals surface area contributed by atoms with Crippen molar-refractivity contribution in [2.75, 3.05) is 64.6 Å². The van der Waals surface area contributed by atoms with Gasteiger partial charge in [-0.15, -0.1) is 0 Å². The molecule has 2 amide bonds. The first-order valence-electron chi connectivity index (χ1n) is 12.3. The third-order valence-corrected chi connectivity index (χ3v) is 7.50. The largest absolute Gasteiger partial charge is 0.507 e. The second-order valence-corrected chi connectivity index (χ2v) is 9.41. The van der Waals surface area contributed by atoms with Crippen LogP contribution >= 0.6 is 0 Å². The lowest BCUT2D eigenvalue weighted by Gasteiger charge is -2.36. The lowest BCUT2D eigenvalue weighted by atomic mass is 9.82. The molecule has 0 radical (unpaired) electrons. The average molecular weight is 506 g/mol. The lowest BCUT2D eigenvalue weighted by Crippen LogP contribution is -2.53. The molecule has 192 valence electrons. The molecule has 10 nitrogen and oxygen atoms in total. The van der Waals surface area contributed by atoms with Gasteiger partial charge in [0.1, 0.15) is 19.0 Å². The highest BCUT2D eigenvalue weighted by Gasteiger charge is 2.66. The molecule has 37 heavy (non-hydrogen) atoms. The predicted molar refractivity (Wildman–Crippen MR) is 132 cm³/mol. The van der Waals surface area contributed by atoms with Crippen molar-refractivity contribution in [2.45, 2.75) is 5.54 Å². The second-order valence-electron chi connectivity index (χ2n) is 9.41. The number of Topliss-reactive ketones (excluding diaryl/α,β-unsaturated/α-hetero) is 1. The maximum atomic E-state index is 14.1. The summed E-state index contributed by atoms with van der Waals surface area (Å²) in [5, 5.41) is 11.6. The molecule has 10 heteroatoms. The second kappa shape index (κ2) is 8.89. The molecule has 0 aromatic heterocycles. The van der Waals surface area contributed by atoms with E-state index >= 15 is 0 Å². The number of hydrogen-bond donors (Lipinski definition) is 1. The number of benzene rings is 2.